The van der Waals surface area contributed by atoms with Crippen LogP contribution in [0.1, 0.15) is 15.9 Å². The molecule has 0 unspecified atom stereocenters. The minimum atomic E-state index is -0.292. The summed E-state index contributed by atoms with van der Waals surface area (Å²) in [5.41, 5.74) is 5.03. The Morgan fingerprint density at radius 1 is 1.04 bits per heavy atom. The highest BCUT2D eigenvalue weighted by Crippen LogP contribution is 2.14. The van der Waals surface area contributed by atoms with Gasteiger partial charge < -0.3 is 5.32 Å². The molecule has 0 heterocycles. The SMILES string of the molecule is Cc1ccc(NC(=O)c2cccc(NN=C(C#N)C#N)c2)cc1. The third-order valence-corrected chi connectivity index (χ3v) is 2.94. The van der Waals surface area contributed by atoms with E-state index in [-0.39, 0.29) is 11.6 Å². The topological polar surface area (TPSA) is 101 Å². The molecule has 0 aliphatic heterocycles. The van der Waals surface area contributed by atoms with Crippen LogP contribution in [-0.4, -0.2) is 11.6 Å². The second kappa shape index (κ2) is 7.39. The Morgan fingerprint density at radius 3 is 2.39 bits per heavy atom. The van der Waals surface area contributed by atoms with E-state index in [1.165, 1.54) is 0 Å². The number of nitrogens with zero attached hydrogens (tertiary/aromatic N) is 3. The first-order valence-corrected chi connectivity index (χ1v) is 6.74. The molecule has 2 aromatic carbocycles. The number of aryl methyl sites for hydroxylation is 1. The lowest BCUT2D eigenvalue weighted by molar-refractivity contribution is 0.102. The van der Waals surface area contributed by atoms with Crippen LogP contribution in [-0.2, 0) is 0 Å². The summed E-state index contributed by atoms with van der Waals surface area (Å²) in [4.78, 5) is 12.2. The average Bonchev–Trinajstić information content (AvgIpc) is 2.58. The maximum atomic E-state index is 12.2. The molecule has 2 aromatic rings. The van der Waals surface area contributed by atoms with Crippen molar-refractivity contribution >= 4 is 23.0 Å². The largest absolute Gasteiger partial charge is 0.322 e. The van der Waals surface area contributed by atoms with Gasteiger partial charge in [0.15, 0.2) is 0 Å². The van der Waals surface area contributed by atoms with Crippen LogP contribution in [0.15, 0.2) is 53.6 Å². The molecule has 0 saturated heterocycles. The van der Waals surface area contributed by atoms with E-state index in [2.05, 4.69) is 15.8 Å². The third kappa shape index (κ3) is 4.42. The number of hydrazone groups is 1. The van der Waals surface area contributed by atoms with Crippen LogP contribution in [0.4, 0.5) is 11.4 Å². The van der Waals surface area contributed by atoms with Gasteiger partial charge in [-0.25, -0.2) is 0 Å². The molecule has 6 heteroatoms. The highest BCUT2D eigenvalue weighted by Gasteiger charge is 2.07. The van der Waals surface area contributed by atoms with Crippen molar-refractivity contribution < 1.29 is 4.79 Å². The van der Waals surface area contributed by atoms with Crippen LogP contribution in [0.3, 0.4) is 0 Å². The first-order valence-electron chi connectivity index (χ1n) is 6.74. The number of benzene rings is 2. The molecule has 0 aliphatic carbocycles. The van der Waals surface area contributed by atoms with Crippen molar-refractivity contribution in [3.63, 3.8) is 0 Å². The average molecular weight is 303 g/mol. The van der Waals surface area contributed by atoms with Crippen molar-refractivity contribution in [3.8, 4) is 12.1 Å². The van der Waals surface area contributed by atoms with E-state index in [4.69, 9.17) is 10.5 Å². The zero-order valence-corrected chi connectivity index (χ0v) is 12.4. The lowest BCUT2D eigenvalue weighted by Crippen LogP contribution is -2.12. The molecule has 0 saturated carbocycles. The monoisotopic (exact) mass is 303 g/mol. The van der Waals surface area contributed by atoms with E-state index < -0.39 is 0 Å². The number of amides is 1. The van der Waals surface area contributed by atoms with Crippen molar-refractivity contribution in [2.24, 2.45) is 5.10 Å². The zero-order chi connectivity index (χ0) is 16.7. The summed E-state index contributed by atoms with van der Waals surface area (Å²) in [6.07, 6.45) is 0. The minimum absolute atomic E-state index is 0.262. The molecule has 2 rings (SSSR count). The summed E-state index contributed by atoms with van der Waals surface area (Å²) in [7, 11) is 0. The molecule has 0 fully saturated rings. The standard InChI is InChI=1S/C17H13N5O/c1-12-5-7-14(8-6-12)20-17(23)13-3-2-4-15(9-13)21-22-16(10-18)11-19/h2-9,21H,1H3,(H,20,23). The lowest BCUT2D eigenvalue weighted by atomic mass is 10.1. The third-order valence-electron chi connectivity index (χ3n) is 2.94. The molecule has 0 aromatic heterocycles. The molecule has 0 bridgehead atoms. The lowest BCUT2D eigenvalue weighted by Gasteiger charge is -2.07. The molecule has 1 amide bonds. The van der Waals surface area contributed by atoms with Crippen molar-refractivity contribution in [1.29, 1.82) is 10.5 Å². The normalized spacial score (nSPS) is 9.17. The first kappa shape index (κ1) is 15.7. The summed E-state index contributed by atoms with van der Waals surface area (Å²) in [6, 6.07) is 17.4. The van der Waals surface area contributed by atoms with Gasteiger partial charge in [-0.1, -0.05) is 23.8 Å². The summed E-state index contributed by atoms with van der Waals surface area (Å²) in [6.45, 7) is 1.97. The number of nitrogens with one attached hydrogen (secondary N) is 2. The van der Waals surface area contributed by atoms with E-state index in [0.717, 1.165) is 5.56 Å². The summed E-state index contributed by atoms with van der Waals surface area (Å²) >= 11 is 0. The number of carbonyl (C=O) groups excluding carboxylic acids is 1. The molecule has 0 aliphatic rings. The molecular formula is C17H13N5O. The molecule has 112 valence electrons. The number of hydrogen-bond acceptors (Lipinski definition) is 5. The number of nitriles is 2. The van der Waals surface area contributed by atoms with Crippen molar-refractivity contribution in [1.82, 2.24) is 0 Å². The summed E-state index contributed by atoms with van der Waals surface area (Å²) in [5.74, 6) is -0.262. The molecule has 0 atom stereocenters. The van der Waals surface area contributed by atoms with Gasteiger partial charge in [-0.15, -0.1) is 0 Å². The minimum Gasteiger partial charge on any atom is -0.322 e. The highest BCUT2D eigenvalue weighted by molar-refractivity contribution is 6.10. The van der Waals surface area contributed by atoms with Crippen LogP contribution in [0, 0.1) is 29.6 Å². The molecule has 6 nitrogen and oxygen atoms in total. The zero-order valence-electron chi connectivity index (χ0n) is 12.4. The van der Waals surface area contributed by atoms with E-state index in [9.17, 15) is 4.79 Å². The maximum absolute atomic E-state index is 12.2. The molecule has 23 heavy (non-hydrogen) atoms. The van der Waals surface area contributed by atoms with E-state index >= 15 is 0 Å². The van der Waals surface area contributed by atoms with Gasteiger partial charge in [0.25, 0.3) is 5.91 Å². The predicted molar refractivity (Wildman–Crippen MR) is 87.9 cm³/mol. The Labute approximate surface area is 133 Å². The van der Waals surface area contributed by atoms with Gasteiger partial charge in [0, 0.05) is 11.3 Å². The molecule has 0 radical (unpaired) electrons. The van der Waals surface area contributed by atoms with Gasteiger partial charge in [0.05, 0.1) is 5.69 Å². The van der Waals surface area contributed by atoms with Gasteiger partial charge >= 0.3 is 0 Å². The van der Waals surface area contributed by atoms with Gasteiger partial charge in [-0.05, 0) is 37.3 Å². The molecule has 2 N–H and O–H groups in total. The predicted octanol–water partition coefficient (Wildman–Crippen LogP) is 3.06. The number of hydrogen-bond donors (Lipinski definition) is 2. The Balaban J connectivity index is 2.11. The van der Waals surface area contributed by atoms with Crippen LogP contribution < -0.4 is 10.7 Å². The van der Waals surface area contributed by atoms with E-state index in [1.54, 1.807) is 36.4 Å². The number of carbonyl (C=O) groups is 1. The number of rotatable bonds is 4. The fraction of sp³-hybridized carbons (Fsp3) is 0.0588. The van der Waals surface area contributed by atoms with Gasteiger partial charge in [0.2, 0.25) is 5.71 Å². The van der Waals surface area contributed by atoms with E-state index in [0.29, 0.717) is 16.9 Å². The van der Waals surface area contributed by atoms with Crippen LogP contribution in [0.5, 0.6) is 0 Å². The maximum Gasteiger partial charge on any atom is 0.255 e. The van der Waals surface area contributed by atoms with E-state index in [1.807, 2.05) is 31.2 Å². The van der Waals surface area contributed by atoms with Gasteiger partial charge in [0.1, 0.15) is 12.1 Å². The Morgan fingerprint density at radius 2 is 1.74 bits per heavy atom. The summed E-state index contributed by atoms with van der Waals surface area (Å²) < 4.78 is 0. The second-order valence-corrected chi connectivity index (χ2v) is 4.70. The van der Waals surface area contributed by atoms with Crippen molar-refractivity contribution in [2.75, 3.05) is 10.7 Å². The quantitative estimate of drug-likeness (QED) is 0.669. The van der Waals surface area contributed by atoms with Gasteiger partial charge in [-0.2, -0.15) is 15.6 Å². The first-order chi connectivity index (χ1) is 11.1. The fourth-order valence-corrected chi connectivity index (χ4v) is 1.77. The van der Waals surface area contributed by atoms with Crippen molar-refractivity contribution in [3.05, 3.63) is 59.7 Å². The van der Waals surface area contributed by atoms with Crippen LogP contribution in [0.25, 0.3) is 0 Å². The van der Waals surface area contributed by atoms with Crippen LogP contribution >= 0.6 is 0 Å². The second-order valence-electron chi connectivity index (χ2n) is 4.70. The highest BCUT2D eigenvalue weighted by atomic mass is 16.1. The molecule has 0 spiro atoms. The number of anilines is 2. The summed E-state index contributed by atoms with van der Waals surface area (Å²) in [5, 5.41) is 23.7. The smallest absolute Gasteiger partial charge is 0.255 e. The Hall–Kier alpha value is -3.64. The molecular weight excluding hydrogens is 290 g/mol. The van der Waals surface area contributed by atoms with Gasteiger partial charge in [-0.3, -0.25) is 10.2 Å². The van der Waals surface area contributed by atoms with Crippen molar-refractivity contribution in [2.45, 2.75) is 6.92 Å². The van der Waals surface area contributed by atoms with Crippen LogP contribution in [0.2, 0.25) is 0 Å². The Kier molecular flexibility index (Phi) is 5.06. The Bertz CT molecular complexity index is 809. The fourth-order valence-electron chi connectivity index (χ4n) is 1.77.